The molecule has 0 heterocycles. The summed E-state index contributed by atoms with van der Waals surface area (Å²) in [6.07, 6.45) is 0.833. The van der Waals surface area contributed by atoms with E-state index in [0.29, 0.717) is 17.5 Å². The third-order valence-electron chi connectivity index (χ3n) is 5.95. The Bertz CT molecular complexity index is 967. The maximum absolute atomic E-state index is 13.3. The van der Waals surface area contributed by atoms with Crippen molar-refractivity contribution in [2.45, 2.75) is 38.4 Å². The maximum atomic E-state index is 13.3. The van der Waals surface area contributed by atoms with Crippen molar-refractivity contribution in [1.82, 2.24) is 5.32 Å². The van der Waals surface area contributed by atoms with Gasteiger partial charge in [0.05, 0.1) is 0 Å². The second-order valence-corrected chi connectivity index (χ2v) is 12.9. The predicted molar refractivity (Wildman–Crippen MR) is 132 cm³/mol. The summed E-state index contributed by atoms with van der Waals surface area (Å²) in [5.41, 5.74) is 0.461. The zero-order chi connectivity index (χ0) is 23.0. The smallest absolute Gasteiger partial charge is 0.303 e. The molecule has 5 heteroatoms. The minimum absolute atomic E-state index is 0.0613. The SMILES string of the molecule is CC(C)CC(NC(=O)c1ccccc1)[Si](CCC(=O)O)(c1ccccc1)c1ccccc1. The van der Waals surface area contributed by atoms with Gasteiger partial charge in [-0.25, -0.2) is 0 Å². The van der Waals surface area contributed by atoms with Gasteiger partial charge in [0, 0.05) is 17.6 Å². The fraction of sp³-hybridized carbons (Fsp3) is 0.259. The molecule has 0 fully saturated rings. The highest BCUT2D eigenvalue weighted by Crippen LogP contribution is 2.24. The zero-order valence-electron chi connectivity index (χ0n) is 18.7. The summed E-state index contributed by atoms with van der Waals surface area (Å²) >= 11 is 0. The van der Waals surface area contributed by atoms with Crippen LogP contribution in [0, 0.1) is 5.92 Å². The van der Waals surface area contributed by atoms with Crippen LogP contribution in [0.25, 0.3) is 0 Å². The molecule has 0 saturated heterocycles. The lowest BCUT2D eigenvalue weighted by atomic mass is 10.1. The molecule has 1 amide bonds. The van der Waals surface area contributed by atoms with Gasteiger partial charge < -0.3 is 10.4 Å². The number of rotatable bonds is 10. The molecule has 4 nitrogen and oxygen atoms in total. The molecule has 0 aromatic heterocycles. The third-order valence-corrected chi connectivity index (χ3v) is 11.3. The highest BCUT2D eigenvalue weighted by atomic mass is 28.3. The molecular formula is C27H31NO3Si. The van der Waals surface area contributed by atoms with Gasteiger partial charge in [-0.2, -0.15) is 0 Å². The first-order chi connectivity index (χ1) is 15.4. The van der Waals surface area contributed by atoms with Crippen molar-refractivity contribution >= 4 is 30.3 Å². The zero-order valence-corrected chi connectivity index (χ0v) is 19.7. The standard InChI is InChI=1S/C27H31NO3Si/c1-21(2)20-25(28-27(31)22-12-6-3-7-13-22)32(19-18-26(29)30,23-14-8-4-9-15-23)24-16-10-5-11-17-24/h3-17,21,25H,18-20H2,1-2H3,(H,28,31)(H,29,30). The van der Waals surface area contributed by atoms with Crippen molar-refractivity contribution in [1.29, 1.82) is 0 Å². The molecule has 1 atom stereocenters. The van der Waals surface area contributed by atoms with Gasteiger partial charge in [0.25, 0.3) is 5.91 Å². The molecule has 32 heavy (non-hydrogen) atoms. The van der Waals surface area contributed by atoms with Crippen LogP contribution in [-0.2, 0) is 4.79 Å². The molecule has 2 N–H and O–H groups in total. The Kier molecular flexibility index (Phi) is 8.01. The molecule has 0 spiro atoms. The van der Waals surface area contributed by atoms with E-state index in [1.165, 1.54) is 0 Å². The first-order valence-corrected chi connectivity index (χ1v) is 13.4. The van der Waals surface area contributed by atoms with Gasteiger partial charge in [0.2, 0.25) is 0 Å². The van der Waals surface area contributed by atoms with Gasteiger partial charge >= 0.3 is 5.97 Å². The lowest BCUT2D eigenvalue weighted by Gasteiger charge is -2.41. The Labute approximate surface area is 191 Å². The summed E-state index contributed by atoms with van der Waals surface area (Å²) in [6.45, 7) is 4.29. The number of benzene rings is 3. The Morgan fingerprint density at radius 1 is 0.812 bits per heavy atom. The number of carboxylic acids is 1. The minimum Gasteiger partial charge on any atom is -0.481 e. The second-order valence-electron chi connectivity index (χ2n) is 8.62. The van der Waals surface area contributed by atoms with Crippen LogP contribution in [0.1, 0.15) is 37.0 Å². The summed E-state index contributed by atoms with van der Waals surface area (Å²) in [5.74, 6) is -0.595. The van der Waals surface area contributed by atoms with Crippen LogP contribution in [0.2, 0.25) is 6.04 Å². The lowest BCUT2D eigenvalue weighted by Crippen LogP contribution is -2.71. The first kappa shape index (κ1) is 23.5. The highest BCUT2D eigenvalue weighted by molar-refractivity contribution is 7.03. The number of hydrogen-bond donors (Lipinski definition) is 2. The number of carbonyl (C=O) groups is 2. The van der Waals surface area contributed by atoms with E-state index in [0.717, 1.165) is 16.8 Å². The second kappa shape index (κ2) is 10.9. The molecule has 0 radical (unpaired) electrons. The van der Waals surface area contributed by atoms with Crippen LogP contribution < -0.4 is 15.7 Å². The molecule has 0 bridgehead atoms. The fourth-order valence-electron chi connectivity index (χ4n) is 4.49. The van der Waals surface area contributed by atoms with E-state index >= 15 is 0 Å². The molecule has 0 aliphatic heterocycles. The van der Waals surface area contributed by atoms with E-state index in [4.69, 9.17) is 0 Å². The number of nitrogens with one attached hydrogen (secondary N) is 1. The van der Waals surface area contributed by atoms with Crippen LogP contribution in [-0.4, -0.2) is 30.7 Å². The van der Waals surface area contributed by atoms with E-state index in [1.807, 2.05) is 66.7 Å². The van der Waals surface area contributed by atoms with Crippen LogP contribution in [0.15, 0.2) is 91.0 Å². The van der Waals surface area contributed by atoms with E-state index in [2.05, 4.69) is 43.4 Å². The molecule has 3 rings (SSSR count). The number of carbonyl (C=O) groups excluding carboxylic acids is 1. The Morgan fingerprint density at radius 3 is 1.72 bits per heavy atom. The average Bonchev–Trinajstić information content (AvgIpc) is 2.81. The van der Waals surface area contributed by atoms with Crippen molar-refractivity contribution in [3.63, 3.8) is 0 Å². The Hall–Kier alpha value is -3.18. The highest BCUT2D eigenvalue weighted by Gasteiger charge is 2.45. The van der Waals surface area contributed by atoms with Gasteiger partial charge in [-0.15, -0.1) is 0 Å². The van der Waals surface area contributed by atoms with Crippen LogP contribution in [0.5, 0.6) is 0 Å². The summed E-state index contributed by atoms with van der Waals surface area (Å²) in [5, 5.41) is 15.3. The van der Waals surface area contributed by atoms with Crippen LogP contribution in [0.3, 0.4) is 0 Å². The monoisotopic (exact) mass is 445 g/mol. The molecule has 3 aromatic rings. The van der Waals surface area contributed by atoms with E-state index in [1.54, 1.807) is 0 Å². The van der Waals surface area contributed by atoms with Gasteiger partial charge in [0.1, 0.15) is 8.07 Å². The number of carboxylic acid groups (broad SMARTS) is 1. The molecule has 0 aliphatic rings. The molecule has 166 valence electrons. The molecular weight excluding hydrogens is 414 g/mol. The normalized spacial score (nSPS) is 12.3. The van der Waals surface area contributed by atoms with Gasteiger partial charge in [0.15, 0.2) is 0 Å². The minimum atomic E-state index is -2.71. The quantitative estimate of drug-likeness (QED) is 0.462. The number of amides is 1. The van der Waals surface area contributed by atoms with Crippen LogP contribution in [0.4, 0.5) is 0 Å². The Morgan fingerprint density at radius 2 is 1.28 bits per heavy atom. The van der Waals surface area contributed by atoms with Crippen molar-refractivity contribution < 1.29 is 14.7 Å². The van der Waals surface area contributed by atoms with Crippen molar-refractivity contribution in [2.75, 3.05) is 0 Å². The van der Waals surface area contributed by atoms with E-state index in [-0.39, 0.29) is 18.0 Å². The van der Waals surface area contributed by atoms with Gasteiger partial charge in [-0.05, 0) is 30.5 Å². The predicted octanol–water partition coefficient (Wildman–Crippen LogP) is 4.11. The van der Waals surface area contributed by atoms with E-state index in [9.17, 15) is 14.7 Å². The van der Waals surface area contributed by atoms with Crippen molar-refractivity contribution in [3.05, 3.63) is 96.6 Å². The van der Waals surface area contributed by atoms with Gasteiger partial charge in [-0.3, -0.25) is 9.59 Å². The van der Waals surface area contributed by atoms with E-state index < -0.39 is 14.0 Å². The summed E-state index contributed by atoms with van der Waals surface area (Å²) in [7, 11) is -2.71. The van der Waals surface area contributed by atoms with Crippen LogP contribution >= 0.6 is 0 Å². The van der Waals surface area contributed by atoms with Crippen molar-refractivity contribution in [3.8, 4) is 0 Å². The summed E-state index contributed by atoms with van der Waals surface area (Å²) in [6, 6.07) is 30.1. The topological polar surface area (TPSA) is 66.4 Å². The number of aliphatic carboxylic acids is 1. The summed E-state index contributed by atoms with van der Waals surface area (Å²) in [4.78, 5) is 25.0. The molecule has 3 aromatic carbocycles. The van der Waals surface area contributed by atoms with Gasteiger partial charge in [-0.1, -0.05) is 103 Å². The molecule has 1 unspecified atom stereocenters. The average molecular weight is 446 g/mol. The third kappa shape index (κ3) is 5.54. The lowest BCUT2D eigenvalue weighted by molar-refractivity contribution is -0.136. The fourth-order valence-corrected chi connectivity index (χ4v) is 9.99. The largest absolute Gasteiger partial charge is 0.481 e. The first-order valence-electron chi connectivity index (χ1n) is 11.1. The Balaban J connectivity index is 2.17. The van der Waals surface area contributed by atoms with Crippen molar-refractivity contribution in [2.24, 2.45) is 5.92 Å². The maximum Gasteiger partial charge on any atom is 0.303 e. The number of hydrogen-bond acceptors (Lipinski definition) is 2. The summed E-state index contributed by atoms with van der Waals surface area (Å²) < 4.78 is 0. The molecule has 0 saturated carbocycles. The molecule has 0 aliphatic carbocycles.